The van der Waals surface area contributed by atoms with E-state index in [1.807, 2.05) is 12.1 Å². The molecule has 1 unspecified atom stereocenters. The summed E-state index contributed by atoms with van der Waals surface area (Å²) in [7, 11) is -4.43. The Morgan fingerprint density at radius 2 is 1.48 bits per heavy atom. The lowest BCUT2D eigenvalue weighted by molar-refractivity contribution is -0.0204. The van der Waals surface area contributed by atoms with Gasteiger partial charge in [0.05, 0.1) is 56.9 Å². The van der Waals surface area contributed by atoms with E-state index in [0.29, 0.717) is 25.6 Å². The highest BCUT2D eigenvalue weighted by atomic mass is 28.4. The van der Waals surface area contributed by atoms with Gasteiger partial charge in [-0.15, -0.1) is 0 Å². The first-order chi connectivity index (χ1) is 29.5. The number of rotatable bonds is 24. The van der Waals surface area contributed by atoms with E-state index in [0.717, 1.165) is 56.4 Å². The highest BCUT2D eigenvalue weighted by molar-refractivity contribution is 6.75. The van der Waals surface area contributed by atoms with Crippen molar-refractivity contribution < 1.29 is 32.2 Å². The van der Waals surface area contributed by atoms with Gasteiger partial charge in [-0.05, 0) is 130 Å². The summed E-state index contributed by atoms with van der Waals surface area (Å²) in [6.07, 6.45) is 21.6. The zero-order chi connectivity index (χ0) is 48.1. The summed E-state index contributed by atoms with van der Waals surface area (Å²) in [5.74, 6) is 1.27. The predicted octanol–water partition coefficient (Wildman–Crippen LogP) is 15.1. The molecule has 7 nitrogen and oxygen atoms in total. The zero-order valence-electron chi connectivity index (χ0n) is 44.0. The first kappa shape index (κ1) is 56.5. The van der Waals surface area contributed by atoms with Gasteiger partial charge in [0, 0.05) is 6.61 Å². The average Bonchev–Trinajstić information content (AvgIpc) is 3.16. The van der Waals surface area contributed by atoms with Crippen LogP contribution in [-0.4, -0.2) is 81.9 Å². The number of hydrogen-bond acceptors (Lipinski definition) is 7. The third-order valence-electron chi connectivity index (χ3n) is 14.6. The molecule has 0 saturated heterocycles. The van der Waals surface area contributed by atoms with E-state index in [1.165, 1.54) is 11.1 Å². The van der Waals surface area contributed by atoms with Crippen molar-refractivity contribution in [2.24, 2.45) is 5.92 Å². The molecule has 2 aliphatic heterocycles. The summed E-state index contributed by atoms with van der Waals surface area (Å²) >= 11 is 0. The summed E-state index contributed by atoms with van der Waals surface area (Å²) in [6.45, 7) is 45.7. The second-order valence-corrected chi connectivity index (χ2v) is 37.8. The fraction of sp³-hybridized carbons (Fsp3) is 0.704. The van der Waals surface area contributed by atoms with Crippen LogP contribution in [0.5, 0.6) is 5.75 Å². The molecule has 10 heteroatoms. The van der Waals surface area contributed by atoms with Crippen molar-refractivity contribution >= 4 is 25.0 Å². The number of ether oxygens (including phenoxy) is 4. The van der Waals surface area contributed by atoms with E-state index in [2.05, 4.69) is 177 Å². The van der Waals surface area contributed by atoms with E-state index < -0.39 is 25.0 Å². The molecule has 0 spiro atoms. The van der Waals surface area contributed by atoms with Gasteiger partial charge in [-0.3, -0.25) is 0 Å². The molecular formula is C54H94O7Si3. The molecule has 1 aromatic rings. The predicted molar refractivity (Wildman–Crippen MR) is 279 cm³/mol. The van der Waals surface area contributed by atoms with Crippen LogP contribution >= 0.6 is 0 Å². The Morgan fingerprint density at radius 3 is 2.08 bits per heavy atom. The second-order valence-electron chi connectivity index (χ2n) is 23.5. The topological polar surface area (TPSA) is 64.6 Å². The van der Waals surface area contributed by atoms with Crippen LogP contribution in [-0.2, 0) is 34.1 Å². The molecule has 0 saturated carbocycles. The molecule has 364 valence electrons. The Morgan fingerprint density at radius 1 is 0.859 bits per heavy atom. The van der Waals surface area contributed by atoms with Gasteiger partial charge in [-0.25, -0.2) is 0 Å². The monoisotopic (exact) mass is 939 g/mol. The molecule has 0 fully saturated rings. The Hall–Kier alpha value is -1.87. The Labute approximate surface area is 396 Å². The summed E-state index contributed by atoms with van der Waals surface area (Å²) in [5, 5.41) is 0.298. The maximum atomic E-state index is 7.26. The lowest BCUT2D eigenvalue weighted by atomic mass is 9.91. The smallest absolute Gasteiger partial charge is 0.193 e. The van der Waals surface area contributed by atoms with Crippen molar-refractivity contribution in [2.45, 2.75) is 219 Å². The normalized spacial score (nSPS) is 21.5. The van der Waals surface area contributed by atoms with Gasteiger partial charge in [0.25, 0.3) is 0 Å². The number of hydrogen-bond donors (Lipinski definition) is 0. The van der Waals surface area contributed by atoms with Crippen molar-refractivity contribution in [3.05, 3.63) is 90.1 Å². The van der Waals surface area contributed by atoms with Crippen LogP contribution in [0.2, 0.25) is 54.4 Å². The first-order valence-electron chi connectivity index (χ1n) is 24.4. The van der Waals surface area contributed by atoms with Gasteiger partial charge in [-0.2, -0.15) is 0 Å². The Balaban J connectivity index is 1.82. The molecule has 3 rings (SSSR count). The van der Waals surface area contributed by atoms with Crippen molar-refractivity contribution in [1.82, 2.24) is 0 Å². The van der Waals surface area contributed by atoms with Gasteiger partial charge in [0.15, 0.2) is 25.0 Å². The number of methoxy groups -OCH3 is 1. The van der Waals surface area contributed by atoms with E-state index in [1.54, 1.807) is 7.11 Å². The minimum Gasteiger partial charge on any atom is -0.497 e. The maximum absolute atomic E-state index is 7.26. The van der Waals surface area contributed by atoms with E-state index in [9.17, 15) is 0 Å². The van der Waals surface area contributed by atoms with Crippen LogP contribution < -0.4 is 4.74 Å². The first-order valence-corrected chi connectivity index (χ1v) is 33.1. The van der Waals surface area contributed by atoms with Gasteiger partial charge in [0.1, 0.15) is 5.75 Å². The van der Waals surface area contributed by atoms with Crippen molar-refractivity contribution in [3.8, 4) is 5.75 Å². The SMILES string of the molecule is C=C(CC(/C=C/C[C@H](OCc1ccc(OC)cc1)[C@H](/C=C/[C@@H]1CC(C)=CCO1)O[Si](C)(C)C(C)(C)C)O[Si](C)(C)C(C)(C)C)C[C@H](C)C[C@@H]1CC=C[C@@H](CCO[Si](C)(C)C(C)(C)C)O1. The molecule has 7 atom stereocenters. The summed E-state index contributed by atoms with van der Waals surface area (Å²) in [4.78, 5) is 0. The Kier molecular flexibility index (Phi) is 21.5. The molecule has 0 aliphatic carbocycles. The molecule has 0 bridgehead atoms. The number of benzene rings is 1. The minimum absolute atomic E-state index is 0.0126. The highest BCUT2D eigenvalue weighted by Crippen LogP contribution is 2.41. The summed E-state index contributed by atoms with van der Waals surface area (Å²) < 4.78 is 46.1. The lowest BCUT2D eigenvalue weighted by Crippen LogP contribution is -2.47. The maximum Gasteiger partial charge on any atom is 0.193 e. The van der Waals surface area contributed by atoms with E-state index in [-0.39, 0.29) is 51.7 Å². The minimum atomic E-state index is -2.21. The zero-order valence-corrected chi connectivity index (χ0v) is 47.0. The van der Waals surface area contributed by atoms with Crippen molar-refractivity contribution in [2.75, 3.05) is 20.3 Å². The molecule has 1 aromatic carbocycles. The van der Waals surface area contributed by atoms with E-state index in [4.69, 9.17) is 32.2 Å². The quantitative estimate of drug-likeness (QED) is 0.0756. The third-order valence-corrected chi connectivity index (χ3v) is 28.1. The molecule has 0 radical (unpaired) electrons. The highest BCUT2D eigenvalue weighted by Gasteiger charge is 2.42. The largest absolute Gasteiger partial charge is 0.497 e. The van der Waals surface area contributed by atoms with Gasteiger partial charge in [-0.1, -0.05) is 142 Å². The van der Waals surface area contributed by atoms with Crippen molar-refractivity contribution in [3.63, 3.8) is 0 Å². The van der Waals surface area contributed by atoms with Crippen LogP contribution in [0, 0.1) is 5.92 Å². The van der Waals surface area contributed by atoms with Crippen molar-refractivity contribution in [1.29, 1.82) is 0 Å². The van der Waals surface area contributed by atoms with Gasteiger partial charge < -0.3 is 32.2 Å². The van der Waals surface area contributed by atoms with Crippen LogP contribution in [0.25, 0.3) is 0 Å². The average molecular weight is 940 g/mol. The molecule has 0 amide bonds. The third kappa shape index (κ3) is 18.7. The molecule has 2 heterocycles. The Bertz CT molecular complexity index is 1690. The molecular weight excluding hydrogens is 845 g/mol. The molecule has 2 aliphatic rings. The fourth-order valence-corrected chi connectivity index (χ4v) is 10.9. The second kappa shape index (κ2) is 24.4. The summed E-state index contributed by atoms with van der Waals surface area (Å²) in [5.41, 5.74) is 3.66. The van der Waals surface area contributed by atoms with Gasteiger partial charge >= 0.3 is 0 Å². The standard InChI is InChI=1S/C54H94O7Si3/c1-41-32-34-56-47(37-41)30-31-51(61-64(18,19)54(10,11)12)50(57-40-44-26-28-45(55-13)29-27-44)25-21-24-49(60-63(16,17)53(7,8)9)39-43(3)36-42(2)38-48-23-20-22-46(59-48)33-35-58-62(14,15)52(4,5)6/h20-22,24,26-32,42,46-51H,3,23,25,33-40H2,1-2,4-19H3/b24-21+,31-30+/t42-,46-,47+,48-,49?,50-,51-/m0/s1. The van der Waals surface area contributed by atoms with E-state index >= 15 is 0 Å². The molecule has 0 N–H and O–H groups in total. The lowest BCUT2D eigenvalue weighted by Gasteiger charge is -2.40. The fourth-order valence-electron chi connectivity index (χ4n) is 7.26. The van der Waals surface area contributed by atoms with Crippen LogP contribution in [0.1, 0.15) is 127 Å². The van der Waals surface area contributed by atoms with Crippen LogP contribution in [0.15, 0.2) is 84.5 Å². The van der Waals surface area contributed by atoms with Crippen LogP contribution in [0.4, 0.5) is 0 Å². The van der Waals surface area contributed by atoms with Crippen LogP contribution in [0.3, 0.4) is 0 Å². The van der Waals surface area contributed by atoms with Gasteiger partial charge in [0.2, 0.25) is 0 Å². The molecule has 0 aromatic heterocycles. The molecule has 64 heavy (non-hydrogen) atoms. The summed E-state index contributed by atoms with van der Waals surface area (Å²) in [6, 6.07) is 8.14.